The Balaban J connectivity index is 1.54. The standard InChI is InChI=1S/C25H30FN5O6S/c1-3-16-14-19-21(23(32)27-2)22(17-4-6-18(26)7-5-17)37-24(19)29-20(16)15-38(35,36)28-8-9-30-10-12-31(13-11-30)25(33)34/h4-7,14,28H,3,8-13,15H2,1-2H3,(H,27,32)(H,33,34). The zero-order chi connectivity index (χ0) is 27.4. The van der Waals surface area contributed by atoms with E-state index in [1.165, 1.54) is 36.2 Å². The van der Waals surface area contributed by atoms with E-state index in [9.17, 15) is 22.4 Å². The second-order valence-electron chi connectivity index (χ2n) is 8.96. The van der Waals surface area contributed by atoms with E-state index in [2.05, 4.69) is 15.0 Å². The van der Waals surface area contributed by atoms with Gasteiger partial charge < -0.3 is 19.7 Å². The molecular formula is C25H30FN5O6S. The van der Waals surface area contributed by atoms with E-state index in [-0.39, 0.29) is 29.3 Å². The maximum atomic E-state index is 13.5. The minimum atomic E-state index is -3.75. The number of rotatable bonds is 9. The van der Waals surface area contributed by atoms with Crippen LogP contribution in [0.2, 0.25) is 0 Å². The molecule has 0 radical (unpaired) electrons. The molecule has 0 unspecified atom stereocenters. The van der Waals surface area contributed by atoms with Crippen LogP contribution >= 0.6 is 0 Å². The second-order valence-corrected chi connectivity index (χ2v) is 10.8. The molecular weight excluding hydrogens is 517 g/mol. The molecule has 0 spiro atoms. The fourth-order valence-corrected chi connectivity index (χ4v) is 5.55. The molecule has 1 aliphatic heterocycles. The van der Waals surface area contributed by atoms with E-state index in [4.69, 9.17) is 9.52 Å². The molecule has 2 aromatic heterocycles. The first-order chi connectivity index (χ1) is 18.1. The van der Waals surface area contributed by atoms with Gasteiger partial charge in [-0.25, -0.2) is 27.3 Å². The van der Waals surface area contributed by atoms with E-state index >= 15 is 0 Å². The van der Waals surface area contributed by atoms with Gasteiger partial charge >= 0.3 is 6.09 Å². The van der Waals surface area contributed by atoms with Gasteiger partial charge in [0.2, 0.25) is 15.7 Å². The van der Waals surface area contributed by atoms with E-state index in [1.807, 2.05) is 11.8 Å². The molecule has 0 saturated carbocycles. The van der Waals surface area contributed by atoms with Crippen LogP contribution in [0.1, 0.15) is 28.5 Å². The Labute approximate surface area is 219 Å². The van der Waals surface area contributed by atoms with Crippen molar-refractivity contribution in [1.82, 2.24) is 24.8 Å². The number of aryl methyl sites for hydroxylation is 1. The van der Waals surface area contributed by atoms with Crippen molar-refractivity contribution in [2.24, 2.45) is 0 Å². The summed E-state index contributed by atoms with van der Waals surface area (Å²) in [7, 11) is -2.26. The van der Waals surface area contributed by atoms with Crippen molar-refractivity contribution >= 4 is 33.1 Å². The maximum absolute atomic E-state index is 13.5. The number of fused-ring (bicyclic) bond motifs is 1. The third kappa shape index (κ3) is 6.11. The van der Waals surface area contributed by atoms with Crippen LogP contribution in [-0.4, -0.2) is 86.6 Å². The molecule has 3 N–H and O–H groups in total. The Morgan fingerprint density at radius 1 is 1.16 bits per heavy atom. The molecule has 13 heteroatoms. The average molecular weight is 548 g/mol. The first-order valence-corrected chi connectivity index (χ1v) is 13.9. The first-order valence-electron chi connectivity index (χ1n) is 12.2. The summed E-state index contributed by atoms with van der Waals surface area (Å²) in [5, 5.41) is 12.1. The fourth-order valence-electron chi connectivity index (χ4n) is 4.44. The summed E-state index contributed by atoms with van der Waals surface area (Å²) in [5.74, 6) is -0.991. The number of carboxylic acid groups (broad SMARTS) is 1. The van der Waals surface area contributed by atoms with Gasteiger partial charge in [-0.05, 0) is 42.3 Å². The molecule has 1 saturated heterocycles. The lowest BCUT2D eigenvalue weighted by atomic mass is 10.0. The van der Waals surface area contributed by atoms with Gasteiger partial charge in [0, 0.05) is 51.9 Å². The second kappa shape index (κ2) is 11.5. The number of aromatic nitrogens is 1. The highest BCUT2D eigenvalue weighted by molar-refractivity contribution is 7.88. The normalized spacial score (nSPS) is 14.7. The van der Waals surface area contributed by atoms with Gasteiger partial charge in [-0.1, -0.05) is 6.92 Å². The Kier molecular flexibility index (Phi) is 8.29. The van der Waals surface area contributed by atoms with Crippen LogP contribution in [-0.2, 0) is 22.2 Å². The number of piperazine rings is 1. The zero-order valence-electron chi connectivity index (χ0n) is 21.2. The zero-order valence-corrected chi connectivity index (χ0v) is 22.0. The van der Waals surface area contributed by atoms with E-state index in [1.54, 1.807) is 6.07 Å². The number of furan rings is 1. The highest BCUT2D eigenvalue weighted by Gasteiger charge is 2.25. The van der Waals surface area contributed by atoms with Crippen LogP contribution in [0.5, 0.6) is 0 Å². The molecule has 1 fully saturated rings. The van der Waals surface area contributed by atoms with Crippen molar-refractivity contribution in [2.45, 2.75) is 19.1 Å². The summed E-state index contributed by atoms with van der Waals surface area (Å²) in [5.41, 5.74) is 1.81. The van der Waals surface area contributed by atoms with Crippen molar-refractivity contribution in [2.75, 3.05) is 46.3 Å². The van der Waals surface area contributed by atoms with Gasteiger partial charge in [0.1, 0.15) is 17.3 Å². The number of benzene rings is 1. The summed E-state index contributed by atoms with van der Waals surface area (Å²) in [4.78, 5) is 31.6. The van der Waals surface area contributed by atoms with Gasteiger partial charge in [0.05, 0.1) is 16.6 Å². The number of carbonyl (C=O) groups is 2. The Bertz CT molecular complexity index is 1430. The number of hydrogen-bond donors (Lipinski definition) is 3. The SMILES string of the molecule is CCc1cc2c(C(=O)NC)c(-c3ccc(F)cc3)oc2nc1CS(=O)(=O)NCCN1CCN(C(=O)O)CC1. The molecule has 4 rings (SSSR count). The molecule has 2 amide bonds. The third-order valence-corrected chi connectivity index (χ3v) is 7.81. The van der Waals surface area contributed by atoms with Gasteiger partial charge in [-0.2, -0.15) is 0 Å². The lowest BCUT2D eigenvalue weighted by molar-refractivity contribution is 0.0964. The van der Waals surface area contributed by atoms with Crippen LogP contribution in [0.15, 0.2) is 34.7 Å². The van der Waals surface area contributed by atoms with Crippen molar-refractivity contribution in [3.05, 3.63) is 53.0 Å². The van der Waals surface area contributed by atoms with Gasteiger partial charge in [0.25, 0.3) is 5.91 Å². The highest BCUT2D eigenvalue weighted by Crippen LogP contribution is 2.34. The number of nitrogens with zero attached hydrogens (tertiary/aromatic N) is 3. The van der Waals surface area contributed by atoms with Crippen molar-refractivity contribution in [1.29, 1.82) is 0 Å². The largest absolute Gasteiger partial charge is 0.465 e. The van der Waals surface area contributed by atoms with E-state index < -0.39 is 27.8 Å². The summed E-state index contributed by atoms with van der Waals surface area (Å²) in [6.07, 6.45) is -0.475. The lowest BCUT2D eigenvalue weighted by Gasteiger charge is -2.32. The molecule has 11 nitrogen and oxygen atoms in total. The molecule has 0 aliphatic carbocycles. The predicted molar refractivity (Wildman–Crippen MR) is 139 cm³/mol. The average Bonchev–Trinajstić information content (AvgIpc) is 3.26. The van der Waals surface area contributed by atoms with Crippen LogP contribution in [0.25, 0.3) is 22.4 Å². The van der Waals surface area contributed by atoms with Crippen LogP contribution in [0.3, 0.4) is 0 Å². The third-order valence-electron chi connectivity index (χ3n) is 6.51. The smallest absolute Gasteiger partial charge is 0.407 e. The molecule has 204 valence electrons. The minimum absolute atomic E-state index is 0.113. The van der Waals surface area contributed by atoms with Gasteiger partial charge in [0.15, 0.2) is 0 Å². The summed E-state index contributed by atoms with van der Waals surface area (Å²) < 4.78 is 47.8. The number of nitrogens with one attached hydrogen (secondary N) is 2. The molecule has 3 aromatic rings. The molecule has 0 bridgehead atoms. The first kappa shape index (κ1) is 27.5. The predicted octanol–water partition coefficient (Wildman–Crippen LogP) is 2.27. The summed E-state index contributed by atoms with van der Waals surface area (Å²) in [6, 6.07) is 7.23. The quantitative estimate of drug-likeness (QED) is 0.370. The lowest BCUT2D eigenvalue weighted by Crippen LogP contribution is -2.49. The number of pyridine rings is 1. The van der Waals surface area contributed by atoms with Crippen LogP contribution in [0.4, 0.5) is 9.18 Å². The number of amides is 2. The van der Waals surface area contributed by atoms with Crippen LogP contribution < -0.4 is 10.0 Å². The van der Waals surface area contributed by atoms with Gasteiger partial charge in [-0.15, -0.1) is 0 Å². The molecule has 1 aromatic carbocycles. The van der Waals surface area contributed by atoms with Gasteiger partial charge in [-0.3, -0.25) is 9.69 Å². The van der Waals surface area contributed by atoms with Crippen molar-refractivity contribution < 1.29 is 31.9 Å². The van der Waals surface area contributed by atoms with Crippen LogP contribution in [0, 0.1) is 5.82 Å². The summed E-state index contributed by atoms with van der Waals surface area (Å²) >= 11 is 0. The molecule has 3 heterocycles. The molecule has 0 atom stereocenters. The molecule has 38 heavy (non-hydrogen) atoms. The van der Waals surface area contributed by atoms with Crippen molar-refractivity contribution in [3.63, 3.8) is 0 Å². The maximum Gasteiger partial charge on any atom is 0.407 e. The topological polar surface area (TPSA) is 145 Å². The van der Waals surface area contributed by atoms with E-state index in [0.29, 0.717) is 61.4 Å². The number of halogens is 1. The fraction of sp³-hybridized carbons (Fsp3) is 0.400. The van der Waals surface area contributed by atoms with Crippen molar-refractivity contribution in [3.8, 4) is 11.3 Å². The summed E-state index contributed by atoms with van der Waals surface area (Å²) in [6.45, 7) is 4.33. The Hall–Kier alpha value is -3.55. The Morgan fingerprint density at radius 2 is 1.84 bits per heavy atom. The Morgan fingerprint density at radius 3 is 2.45 bits per heavy atom. The highest BCUT2D eigenvalue weighted by atomic mass is 32.2. The molecule has 1 aliphatic rings. The van der Waals surface area contributed by atoms with E-state index in [0.717, 1.165) is 0 Å². The minimum Gasteiger partial charge on any atom is -0.465 e. The number of sulfonamides is 1. The number of carbonyl (C=O) groups excluding carboxylic acids is 1. The number of hydrogen-bond acceptors (Lipinski definition) is 7. The monoisotopic (exact) mass is 547 g/mol.